The zero-order chi connectivity index (χ0) is 12.5. The highest BCUT2D eigenvalue weighted by Gasteiger charge is 2.62. The lowest BCUT2D eigenvalue weighted by atomic mass is 9.83. The Kier molecular flexibility index (Phi) is 3.84. The van der Waals surface area contributed by atoms with Crippen LogP contribution in [-0.2, 0) is 14.2 Å². The Balaban J connectivity index is 3.09. The summed E-state index contributed by atoms with van der Waals surface area (Å²) >= 11 is 0. The second-order valence-corrected chi connectivity index (χ2v) is 4.03. The van der Waals surface area contributed by atoms with E-state index in [1.165, 1.54) is 21.1 Å². The fraction of sp³-hybridized carbons (Fsp3) is 1.00. The number of aliphatic hydroxyl groups excluding tert-OH is 1. The number of hydrogen-bond acceptors (Lipinski definition) is 6. The second-order valence-electron chi connectivity index (χ2n) is 4.03. The van der Waals surface area contributed by atoms with Crippen molar-refractivity contribution in [2.24, 2.45) is 0 Å². The van der Waals surface area contributed by atoms with Gasteiger partial charge in [0, 0.05) is 26.1 Å². The smallest absolute Gasteiger partial charge is 0.277 e. The molecular weight excluding hydrogens is 218 g/mol. The summed E-state index contributed by atoms with van der Waals surface area (Å²) in [5.41, 5.74) is -1.65. The Morgan fingerprint density at radius 3 is 2.38 bits per heavy atom. The van der Waals surface area contributed by atoms with Crippen LogP contribution < -0.4 is 0 Å². The van der Waals surface area contributed by atoms with Gasteiger partial charge >= 0.3 is 0 Å². The van der Waals surface area contributed by atoms with E-state index in [1.807, 2.05) is 0 Å². The van der Waals surface area contributed by atoms with Gasteiger partial charge in [0.25, 0.3) is 5.54 Å². The summed E-state index contributed by atoms with van der Waals surface area (Å²) in [7, 11) is 2.68. The van der Waals surface area contributed by atoms with Crippen molar-refractivity contribution in [1.82, 2.24) is 0 Å². The molecule has 5 atom stereocenters. The molecule has 1 heterocycles. The van der Waals surface area contributed by atoms with Gasteiger partial charge in [0.05, 0.1) is 6.10 Å². The first-order valence-corrected chi connectivity index (χ1v) is 4.93. The Hall–Kier alpha value is -0.760. The summed E-state index contributed by atoms with van der Waals surface area (Å²) in [5.74, 6) is 0. The molecule has 1 rings (SSSR count). The average Bonchev–Trinajstić information content (AvgIpc) is 2.23. The van der Waals surface area contributed by atoms with E-state index in [0.29, 0.717) is 0 Å². The number of methoxy groups -OCH3 is 2. The number of hydrogen-bond donors (Lipinski definition) is 1. The lowest BCUT2D eigenvalue weighted by molar-refractivity contribution is -0.609. The monoisotopic (exact) mass is 235 g/mol. The Morgan fingerprint density at radius 2 is 2.00 bits per heavy atom. The molecule has 0 bridgehead atoms. The molecule has 0 aromatic carbocycles. The van der Waals surface area contributed by atoms with Crippen molar-refractivity contribution in [1.29, 1.82) is 0 Å². The number of nitro groups is 1. The normalized spacial score (nSPS) is 44.3. The van der Waals surface area contributed by atoms with Crippen molar-refractivity contribution in [3.05, 3.63) is 10.1 Å². The topological polar surface area (TPSA) is 91.1 Å². The molecule has 0 radical (unpaired) electrons. The summed E-state index contributed by atoms with van der Waals surface area (Å²) in [5, 5.41) is 21.0. The van der Waals surface area contributed by atoms with E-state index >= 15 is 0 Å². The van der Waals surface area contributed by atoms with Gasteiger partial charge < -0.3 is 19.3 Å². The average molecular weight is 235 g/mol. The highest BCUT2D eigenvalue weighted by molar-refractivity contribution is 4.99. The van der Waals surface area contributed by atoms with Crippen LogP contribution in [0.5, 0.6) is 0 Å². The van der Waals surface area contributed by atoms with Gasteiger partial charge in [-0.05, 0) is 6.92 Å². The number of rotatable bonds is 3. The van der Waals surface area contributed by atoms with E-state index in [0.717, 1.165) is 0 Å². The van der Waals surface area contributed by atoms with Gasteiger partial charge in [0.1, 0.15) is 0 Å². The lowest BCUT2D eigenvalue weighted by Gasteiger charge is -2.43. The minimum Gasteiger partial charge on any atom is -0.381 e. The van der Waals surface area contributed by atoms with E-state index in [1.54, 1.807) is 6.92 Å². The maximum absolute atomic E-state index is 11.1. The molecule has 1 saturated heterocycles. The standard InChI is InChI=1S/C9H17NO6/c1-5-7(14-3)9(2,10(12)13)6(11)8(15-4)16-5/h5-8,11H,1-4H3/t5-,6-,7-,8+,9+/m0/s1. The van der Waals surface area contributed by atoms with Gasteiger partial charge in [-0.25, -0.2) is 0 Å². The van der Waals surface area contributed by atoms with Crippen molar-refractivity contribution >= 4 is 0 Å². The fourth-order valence-electron chi connectivity index (χ4n) is 2.10. The first kappa shape index (κ1) is 13.3. The van der Waals surface area contributed by atoms with Crippen molar-refractivity contribution in [2.45, 2.75) is 44.0 Å². The third kappa shape index (κ3) is 1.80. The van der Waals surface area contributed by atoms with Gasteiger partial charge in [0.15, 0.2) is 18.5 Å². The van der Waals surface area contributed by atoms with Crippen LogP contribution in [-0.4, -0.2) is 54.4 Å². The zero-order valence-electron chi connectivity index (χ0n) is 9.75. The van der Waals surface area contributed by atoms with E-state index in [2.05, 4.69) is 0 Å². The molecule has 0 unspecified atom stereocenters. The number of nitrogens with zero attached hydrogens (tertiary/aromatic N) is 1. The summed E-state index contributed by atoms with van der Waals surface area (Å²) in [4.78, 5) is 10.6. The van der Waals surface area contributed by atoms with Gasteiger partial charge in [0.2, 0.25) is 0 Å². The van der Waals surface area contributed by atoms with Gasteiger partial charge in [-0.3, -0.25) is 10.1 Å². The van der Waals surface area contributed by atoms with E-state index in [-0.39, 0.29) is 0 Å². The first-order chi connectivity index (χ1) is 7.39. The third-order valence-corrected chi connectivity index (χ3v) is 3.09. The molecule has 0 spiro atoms. The third-order valence-electron chi connectivity index (χ3n) is 3.09. The van der Waals surface area contributed by atoms with Crippen molar-refractivity contribution in [3.63, 3.8) is 0 Å². The molecule has 16 heavy (non-hydrogen) atoms. The van der Waals surface area contributed by atoms with Crippen LogP contribution in [0.15, 0.2) is 0 Å². The molecule has 0 aliphatic carbocycles. The van der Waals surface area contributed by atoms with Crippen LogP contribution in [0.4, 0.5) is 0 Å². The molecule has 0 saturated carbocycles. The molecule has 1 aliphatic heterocycles. The molecular formula is C9H17NO6. The molecule has 0 amide bonds. The van der Waals surface area contributed by atoms with Crippen LogP contribution in [0, 0.1) is 10.1 Å². The molecule has 1 N–H and O–H groups in total. The molecule has 1 fully saturated rings. The highest BCUT2D eigenvalue weighted by atomic mass is 16.7. The second kappa shape index (κ2) is 4.62. The highest BCUT2D eigenvalue weighted by Crippen LogP contribution is 2.34. The molecule has 7 nitrogen and oxygen atoms in total. The Labute approximate surface area is 93.4 Å². The summed E-state index contributed by atoms with van der Waals surface area (Å²) in [6.07, 6.45) is -3.76. The summed E-state index contributed by atoms with van der Waals surface area (Å²) in [6, 6.07) is 0. The van der Waals surface area contributed by atoms with Gasteiger partial charge in [-0.2, -0.15) is 0 Å². The summed E-state index contributed by atoms with van der Waals surface area (Å²) in [6.45, 7) is 2.98. The van der Waals surface area contributed by atoms with Crippen LogP contribution in [0.2, 0.25) is 0 Å². The molecule has 1 aliphatic rings. The van der Waals surface area contributed by atoms with E-state index in [4.69, 9.17) is 14.2 Å². The number of ether oxygens (including phenoxy) is 3. The largest absolute Gasteiger partial charge is 0.381 e. The van der Waals surface area contributed by atoms with Crippen LogP contribution in [0.25, 0.3) is 0 Å². The lowest BCUT2D eigenvalue weighted by Crippen LogP contribution is -2.68. The maximum Gasteiger partial charge on any atom is 0.277 e. The van der Waals surface area contributed by atoms with Crippen molar-refractivity contribution in [3.8, 4) is 0 Å². The molecule has 7 heteroatoms. The predicted molar refractivity (Wildman–Crippen MR) is 53.5 cm³/mol. The van der Waals surface area contributed by atoms with Crippen LogP contribution >= 0.6 is 0 Å². The van der Waals surface area contributed by atoms with Gasteiger partial charge in [-0.15, -0.1) is 0 Å². The fourth-order valence-corrected chi connectivity index (χ4v) is 2.10. The molecule has 94 valence electrons. The van der Waals surface area contributed by atoms with Crippen molar-refractivity contribution in [2.75, 3.05) is 14.2 Å². The van der Waals surface area contributed by atoms with Gasteiger partial charge in [-0.1, -0.05) is 0 Å². The molecule has 0 aromatic rings. The van der Waals surface area contributed by atoms with Crippen molar-refractivity contribution < 1.29 is 24.2 Å². The minimum atomic E-state index is -1.65. The first-order valence-electron chi connectivity index (χ1n) is 4.93. The SMILES string of the molecule is CO[C@@H]1O[C@@H](C)[C@H](OC)[C@](C)([N+](=O)[O-])[C@H]1O. The Bertz CT molecular complexity index is 273. The number of aliphatic hydroxyl groups is 1. The van der Waals surface area contributed by atoms with Crippen LogP contribution in [0.1, 0.15) is 13.8 Å². The summed E-state index contributed by atoms with van der Waals surface area (Å²) < 4.78 is 15.2. The molecule has 0 aromatic heterocycles. The Morgan fingerprint density at radius 1 is 1.44 bits per heavy atom. The maximum atomic E-state index is 11.1. The van der Waals surface area contributed by atoms with E-state index in [9.17, 15) is 15.2 Å². The zero-order valence-corrected chi connectivity index (χ0v) is 9.75. The van der Waals surface area contributed by atoms with E-state index < -0.39 is 35.1 Å². The van der Waals surface area contributed by atoms with Crippen LogP contribution in [0.3, 0.4) is 0 Å². The predicted octanol–water partition coefficient (Wildman–Crippen LogP) is -0.211. The quantitative estimate of drug-likeness (QED) is 0.537. The minimum absolute atomic E-state index is 0.534.